The monoisotopic (exact) mass is 236 g/mol. The van der Waals surface area contributed by atoms with Crippen molar-refractivity contribution in [3.63, 3.8) is 0 Å². The molecule has 1 saturated heterocycles. The summed E-state index contributed by atoms with van der Waals surface area (Å²) in [5.74, 6) is -0.0897. The molecule has 0 atom stereocenters. The number of benzene rings is 1. The zero-order valence-electron chi connectivity index (χ0n) is 10.5. The van der Waals surface area contributed by atoms with Crippen molar-refractivity contribution in [2.75, 3.05) is 19.6 Å². The van der Waals surface area contributed by atoms with Crippen LogP contribution >= 0.6 is 0 Å². The molecule has 2 rings (SSSR count). The summed E-state index contributed by atoms with van der Waals surface area (Å²) in [7, 11) is 0. The molecule has 17 heavy (non-hydrogen) atoms. The van der Waals surface area contributed by atoms with Gasteiger partial charge in [0.25, 0.3) is 0 Å². The Morgan fingerprint density at radius 3 is 2.59 bits per heavy atom. The molecule has 1 aromatic carbocycles. The molecule has 1 aromatic rings. The molecule has 0 aliphatic carbocycles. The lowest BCUT2D eigenvalue weighted by Gasteiger charge is -2.36. The normalized spacial score (nSPS) is 20.4. The zero-order valence-corrected chi connectivity index (χ0v) is 10.5. The topological polar surface area (TPSA) is 29.3 Å². The summed E-state index contributed by atoms with van der Waals surface area (Å²) < 4.78 is 13.4. The van der Waals surface area contributed by atoms with E-state index in [1.165, 1.54) is 6.07 Å². The first-order valence-corrected chi connectivity index (χ1v) is 6.31. The van der Waals surface area contributed by atoms with Crippen molar-refractivity contribution in [3.05, 3.63) is 35.6 Å². The van der Waals surface area contributed by atoms with Crippen LogP contribution in [-0.2, 0) is 6.42 Å². The van der Waals surface area contributed by atoms with Gasteiger partial charge < -0.3 is 10.6 Å². The maximum Gasteiger partial charge on any atom is 0.126 e. The number of likely N-dealkylation sites (tertiary alicyclic amines) is 1. The summed E-state index contributed by atoms with van der Waals surface area (Å²) in [6, 6.07) is 7.03. The average Bonchev–Trinajstić information content (AvgIpc) is 2.30. The van der Waals surface area contributed by atoms with Gasteiger partial charge in [-0.15, -0.1) is 0 Å². The highest BCUT2D eigenvalue weighted by atomic mass is 19.1. The van der Waals surface area contributed by atoms with Crippen molar-refractivity contribution in [2.24, 2.45) is 5.73 Å². The first kappa shape index (κ1) is 12.5. The van der Waals surface area contributed by atoms with Gasteiger partial charge in [-0.3, -0.25) is 0 Å². The van der Waals surface area contributed by atoms with Gasteiger partial charge in [-0.1, -0.05) is 18.2 Å². The Morgan fingerprint density at radius 1 is 1.29 bits per heavy atom. The Hall–Kier alpha value is -0.930. The van der Waals surface area contributed by atoms with Gasteiger partial charge >= 0.3 is 0 Å². The van der Waals surface area contributed by atoms with Crippen molar-refractivity contribution in [1.29, 1.82) is 0 Å². The van der Waals surface area contributed by atoms with E-state index in [2.05, 4.69) is 11.8 Å². The minimum absolute atomic E-state index is 0.00546. The van der Waals surface area contributed by atoms with Crippen molar-refractivity contribution in [3.8, 4) is 0 Å². The molecule has 3 heteroatoms. The van der Waals surface area contributed by atoms with Crippen LogP contribution < -0.4 is 5.73 Å². The van der Waals surface area contributed by atoms with Crippen molar-refractivity contribution in [1.82, 2.24) is 4.90 Å². The molecule has 1 fully saturated rings. The lowest BCUT2D eigenvalue weighted by Crippen LogP contribution is -2.48. The predicted octanol–water partition coefficient (Wildman–Crippen LogP) is 2.18. The molecule has 0 saturated carbocycles. The van der Waals surface area contributed by atoms with E-state index >= 15 is 0 Å². The molecule has 1 aliphatic heterocycles. The van der Waals surface area contributed by atoms with Crippen LogP contribution in [0.3, 0.4) is 0 Å². The van der Waals surface area contributed by atoms with E-state index in [0.29, 0.717) is 0 Å². The van der Waals surface area contributed by atoms with Crippen molar-refractivity contribution < 1.29 is 4.39 Å². The van der Waals surface area contributed by atoms with Gasteiger partial charge in [0, 0.05) is 12.1 Å². The van der Waals surface area contributed by atoms with E-state index in [1.807, 2.05) is 12.1 Å². The fraction of sp³-hybridized carbons (Fsp3) is 0.571. The smallest absolute Gasteiger partial charge is 0.126 e. The molecule has 94 valence electrons. The van der Waals surface area contributed by atoms with Crippen LogP contribution in [0.4, 0.5) is 4.39 Å². The maximum absolute atomic E-state index is 13.4. The molecule has 0 aromatic heterocycles. The van der Waals surface area contributed by atoms with Crippen LogP contribution in [0.5, 0.6) is 0 Å². The van der Waals surface area contributed by atoms with Crippen LogP contribution in [0.15, 0.2) is 24.3 Å². The number of nitrogens with two attached hydrogens (primary N) is 1. The van der Waals surface area contributed by atoms with E-state index in [4.69, 9.17) is 5.73 Å². The third-order valence-corrected chi connectivity index (χ3v) is 3.65. The fourth-order valence-corrected chi connectivity index (χ4v) is 2.27. The lowest BCUT2D eigenvalue weighted by atomic mass is 9.91. The Morgan fingerprint density at radius 2 is 1.94 bits per heavy atom. The average molecular weight is 236 g/mol. The van der Waals surface area contributed by atoms with Crippen LogP contribution in [0.1, 0.15) is 25.3 Å². The quantitative estimate of drug-likeness (QED) is 0.871. The zero-order chi connectivity index (χ0) is 12.3. The van der Waals surface area contributed by atoms with Crippen LogP contribution in [-0.4, -0.2) is 30.1 Å². The minimum atomic E-state index is -0.0897. The highest BCUT2D eigenvalue weighted by Crippen LogP contribution is 2.19. The van der Waals surface area contributed by atoms with Crippen LogP contribution in [0.2, 0.25) is 0 Å². The largest absolute Gasteiger partial charge is 0.325 e. The standard InChI is InChI=1S/C14H21FN2/c1-14(16)7-10-17(11-8-14)9-6-12-4-2-3-5-13(12)15/h2-5H,6-11,16H2,1H3. The van der Waals surface area contributed by atoms with E-state index in [-0.39, 0.29) is 11.4 Å². The summed E-state index contributed by atoms with van der Waals surface area (Å²) in [4.78, 5) is 2.38. The third kappa shape index (κ3) is 3.51. The molecule has 0 amide bonds. The third-order valence-electron chi connectivity index (χ3n) is 3.65. The van der Waals surface area contributed by atoms with Crippen LogP contribution in [0.25, 0.3) is 0 Å². The summed E-state index contributed by atoms with van der Waals surface area (Å²) in [5, 5.41) is 0. The van der Waals surface area contributed by atoms with Crippen molar-refractivity contribution >= 4 is 0 Å². The Kier molecular flexibility index (Phi) is 3.79. The van der Waals surface area contributed by atoms with Gasteiger partial charge in [0.2, 0.25) is 0 Å². The van der Waals surface area contributed by atoms with Gasteiger partial charge in [-0.25, -0.2) is 4.39 Å². The number of nitrogens with zero attached hydrogens (tertiary/aromatic N) is 1. The molecular weight excluding hydrogens is 215 g/mol. The summed E-state index contributed by atoms with van der Waals surface area (Å²) >= 11 is 0. The Labute approximate surface area is 103 Å². The second kappa shape index (κ2) is 5.15. The lowest BCUT2D eigenvalue weighted by molar-refractivity contribution is 0.173. The highest BCUT2D eigenvalue weighted by molar-refractivity contribution is 5.17. The van der Waals surface area contributed by atoms with Gasteiger partial charge in [0.05, 0.1) is 0 Å². The predicted molar refractivity (Wildman–Crippen MR) is 68.4 cm³/mol. The Balaban J connectivity index is 1.82. The summed E-state index contributed by atoms with van der Waals surface area (Å²) in [5.41, 5.74) is 6.89. The minimum Gasteiger partial charge on any atom is -0.325 e. The summed E-state index contributed by atoms with van der Waals surface area (Å²) in [6.07, 6.45) is 2.85. The first-order chi connectivity index (χ1) is 8.07. The molecular formula is C14H21FN2. The Bertz CT molecular complexity index is 366. The number of rotatable bonds is 3. The molecule has 1 heterocycles. The van der Waals surface area contributed by atoms with E-state index in [9.17, 15) is 4.39 Å². The summed E-state index contributed by atoms with van der Waals surface area (Å²) in [6.45, 7) is 5.10. The van der Waals surface area contributed by atoms with E-state index in [0.717, 1.165) is 44.5 Å². The van der Waals surface area contributed by atoms with Gasteiger partial charge in [0.1, 0.15) is 5.82 Å². The van der Waals surface area contributed by atoms with Crippen molar-refractivity contribution in [2.45, 2.75) is 31.7 Å². The van der Waals surface area contributed by atoms with Gasteiger partial charge in [-0.05, 0) is 50.9 Å². The molecule has 2 N–H and O–H groups in total. The number of hydrogen-bond acceptors (Lipinski definition) is 2. The second-order valence-electron chi connectivity index (χ2n) is 5.34. The molecule has 2 nitrogen and oxygen atoms in total. The SMILES string of the molecule is CC1(N)CCN(CCc2ccccc2F)CC1. The number of piperidine rings is 1. The maximum atomic E-state index is 13.4. The number of halogens is 1. The van der Waals surface area contributed by atoms with E-state index in [1.54, 1.807) is 6.07 Å². The number of hydrogen-bond donors (Lipinski definition) is 1. The van der Waals surface area contributed by atoms with Gasteiger partial charge in [0.15, 0.2) is 0 Å². The fourth-order valence-electron chi connectivity index (χ4n) is 2.27. The molecule has 1 aliphatic rings. The van der Waals surface area contributed by atoms with Crippen LogP contribution in [0, 0.1) is 5.82 Å². The molecule has 0 spiro atoms. The highest BCUT2D eigenvalue weighted by Gasteiger charge is 2.25. The second-order valence-corrected chi connectivity index (χ2v) is 5.34. The first-order valence-electron chi connectivity index (χ1n) is 6.31. The van der Waals surface area contributed by atoms with E-state index < -0.39 is 0 Å². The molecule has 0 radical (unpaired) electrons. The molecule has 0 bridgehead atoms. The van der Waals surface area contributed by atoms with Gasteiger partial charge in [-0.2, -0.15) is 0 Å². The molecule has 0 unspecified atom stereocenters.